The van der Waals surface area contributed by atoms with Crippen LogP contribution < -0.4 is 0 Å². The molecule has 0 aliphatic carbocycles. The summed E-state index contributed by atoms with van der Waals surface area (Å²) in [5.41, 5.74) is 17.7. The third-order valence-electron chi connectivity index (χ3n) is 12.9. The normalized spacial score (nSPS) is 11.3. The van der Waals surface area contributed by atoms with Crippen molar-refractivity contribution in [3.63, 3.8) is 0 Å². The maximum absolute atomic E-state index is 10.7. The van der Waals surface area contributed by atoms with E-state index in [9.17, 15) is 10.5 Å². The Morgan fingerprint density at radius 3 is 0.924 bits per heavy atom. The molecule has 0 fully saturated rings. The minimum absolute atomic E-state index is 0.527. The molecular weight excluding hydrogens is 801 g/mol. The van der Waals surface area contributed by atoms with E-state index in [1.807, 2.05) is 48.5 Å². The summed E-state index contributed by atoms with van der Waals surface area (Å²) < 4.78 is 4.57. The lowest BCUT2D eigenvalue weighted by Gasteiger charge is -2.15. The molecule has 2 heterocycles. The summed E-state index contributed by atoms with van der Waals surface area (Å²) in [5, 5.41) is 25.8. The molecule has 0 N–H and O–H groups in total. The molecule has 0 saturated heterocycles. The van der Waals surface area contributed by atoms with E-state index >= 15 is 0 Å². The van der Waals surface area contributed by atoms with Gasteiger partial charge in [-0.3, -0.25) is 0 Å². The van der Waals surface area contributed by atoms with Crippen LogP contribution in [0.1, 0.15) is 11.1 Å². The van der Waals surface area contributed by atoms with E-state index < -0.39 is 0 Å². The Morgan fingerprint density at radius 1 is 0.242 bits per heavy atom. The molecule has 66 heavy (non-hydrogen) atoms. The van der Waals surface area contributed by atoms with Crippen molar-refractivity contribution in [1.82, 2.24) is 9.13 Å². The van der Waals surface area contributed by atoms with E-state index in [0.29, 0.717) is 11.1 Å². The van der Waals surface area contributed by atoms with Crippen molar-refractivity contribution in [2.24, 2.45) is 0 Å². The van der Waals surface area contributed by atoms with E-state index in [1.54, 1.807) is 0 Å². The van der Waals surface area contributed by atoms with Crippen molar-refractivity contribution >= 4 is 43.6 Å². The molecule has 0 bridgehead atoms. The van der Waals surface area contributed by atoms with E-state index in [0.717, 1.165) is 111 Å². The second kappa shape index (κ2) is 15.8. The van der Waals surface area contributed by atoms with Crippen LogP contribution in [0.15, 0.2) is 231 Å². The van der Waals surface area contributed by atoms with Gasteiger partial charge in [-0.15, -0.1) is 0 Å². The molecule has 0 amide bonds. The monoisotopic (exact) mass is 838 g/mol. The second-order valence-corrected chi connectivity index (χ2v) is 16.8. The largest absolute Gasteiger partial charge is 0.309 e. The van der Waals surface area contributed by atoms with Crippen molar-refractivity contribution in [2.75, 3.05) is 0 Å². The zero-order valence-electron chi connectivity index (χ0n) is 35.7. The van der Waals surface area contributed by atoms with Crippen molar-refractivity contribution in [3.05, 3.63) is 242 Å². The Kier molecular flexibility index (Phi) is 9.23. The maximum atomic E-state index is 10.7. The first kappa shape index (κ1) is 38.5. The zero-order chi connectivity index (χ0) is 44.1. The Bertz CT molecular complexity index is 3660. The fourth-order valence-electron chi connectivity index (χ4n) is 9.78. The average molecular weight is 839 g/mol. The molecule has 0 radical (unpaired) electrons. The lowest BCUT2D eigenvalue weighted by atomic mass is 9.99. The van der Waals surface area contributed by atoms with Crippen LogP contribution in [-0.4, -0.2) is 9.13 Å². The Balaban J connectivity index is 1.08. The predicted octanol–water partition coefficient (Wildman–Crippen LogP) is 16.0. The number of benzene rings is 10. The SMILES string of the molecule is N#Cc1cc(-c2cc(C#N)cc(-n3c4ccc(-c5ccccc5)cc4c4ccc(-c5ccccc5)cc43)c2)cc(-n2c3ccc(-c4ccccc4)cc3c3ccc(-c4ccccc4)cc32)c1. The molecular formula is C62H38N4. The van der Waals surface area contributed by atoms with Gasteiger partial charge in [0.2, 0.25) is 0 Å². The topological polar surface area (TPSA) is 57.4 Å². The zero-order valence-corrected chi connectivity index (χ0v) is 35.7. The number of nitriles is 2. The molecule has 306 valence electrons. The van der Waals surface area contributed by atoms with Crippen LogP contribution in [0.4, 0.5) is 0 Å². The lowest BCUT2D eigenvalue weighted by molar-refractivity contribution is 1.17. The lowest BCUT2D eigenvalue weighted by Crippen LogP contribution is -1.98. The van der Waals surface area contributed by atoms with E-state index in [1.165, 1.54) is 0 Å². The van der Waals surface area contributed by atoms with Gasteiger partial charge in [-0.2, -0.15) is 10.5 Å². The molecule has 2 aromatic heterocycles. The van der Waals surface area contributed by atoms with Gasteiger partial charge in [-0.1, -0.05) is 158 Å². The number of hydrogen-bond acceptors (Lipinski definition) is 2. The van der Waals surface area contributed by atoms with Crippen molar-refractivity contribution in [3.8, 4) is 79.1 Å². The first-order valence-corrected chi connectivity index (χ1v) is 22.1. The summed E-state index contributed by atoms with van der Waals surface area (Å²) in [6.45, 7) is 0. The molecule has 10 aromatic carbocycles. The fourth-order valence-corrected chi connectivity index (χ4v) is 9.78. The average Bonchev–Trinajstić information content (AvgIpc) is 3.90. The summed E-state index contributed by atoms with van der Waals surface area (Å²) in [4.78, 5) is 0. The van der Waals surface area contributed by atoms with Crippen LogP contribution in [0.3, 0.4) is 0 Å². The van der Waals surface area contributed by atoms with Gasteiger partial charge in [0.1, 0.15) is 0 Å². The van der Waals surface area contributed by atoms with Crippen molar-refractivity contribution in [2.45, 2.75) is 0 Å². The quantitative estimate of drug-likeness (QED) is 0.161. The van der Waals surface area contributed by atoms with Gasteiger partial charge in [0.15, 0.2) is 0 Å². The molecule has 0 saturated carbocycles. The first-order chi connectivity index (χ1) is 32.6. The van der Waals surface area contributed by atoms with Gasteiger partial charge in [0.25, 0.3) is 0 Å². The summed E-state index contributed by atoms with van der Waals surface area (Å²) >= 11 is 0. The predicted molar refractivity (Wildman–Crippen MR) is 272 cm³/mol. The molecule has 0 aliphatic heterocycles. The Labute approximate surface area is 382 Å². The molecule has 12 rings (SSSR count). The third kappa shape index (κ3) is 6.61. The molecule has 0 aliphatic rings. The van der Waals surface area contributed by atoms with Crippen LogP contribution in [0.25, 0.3) is 111 Å². The Morgan fingerprint density at radius 2 is 0.576 bits per heavy atom. The summed E-state index contributed by atoms with van der Waals surface area (Å²) in [7, 11) is 0. The molecule has 12 aromatic rings. The van der Waals surface area contributed by atoms with Gasteiger partial charge < -0.3 is 9.13 Å². The maximum Gasteiger partial charge on any atom is 0.0992 e. The minimum Gasteiger partial charge on any atom is -0.309 e. The van der Waals surface area contributed by atoms with Crippen LogP contribution in [0.2, 0.25) is 0 Å². The van der Waals surface area contributed by atoms with Crippen molar-refractivity contribution < 1.29 is 0 Å². The van der Waals surface area contributed by atoms with Crippen LogP contribution in [-0.2, 0) is 0 Å². The fraction of sp³-hybridized carbons (Fsp3) is 0. The summed E-state index contributed by atoms with van der Waals surface area (Å²) in [6.07, 6.45) is 0. The molecule has 0 atom stereocenters. The van der Waals surface area contributed by atoms with Crippen molar-refractivity contribution in [1.29, 1.82) is 10.5 Å². The minimum atomic E-state index is 0.527. The van der Waals surface area contributed by atoms with Gasteiger partial charge in [0, 0.05) is 32.9 Å². The van der Waals surface area contributed by atoms with E-state index in [4.69, 9.17) is 0 Å². The highest BCUT2D eigenvalue weighted by atomic mass is 15.0. The standard InChI is InChI=1S/C62H38N4/c63-39-41-29-51(33-53(31-41)65-59-27-23-47(43-13-5-1-6-14-43)35-57(59)55-25-21-49(37-61(55)65)45-17-9-3-10-18-45)52-30-42(40-64)32-54(34-52)66-60-28-24-48(44-15-7-2-8-16-44)36-58(60)56-26-22-50(38-62(56)66)46-19-11-4-12-20-46/h1-38H. The molecule has 4 heteroatoms. The molecule has 0 unspecified atom stereocenters. The number of hydrogen-bond donors (Lipinski definition) is 0. The van der Waals surface area contributed by atoms with Gasteiger partial charge in [-0.25, -0.2) is 0 Å². The van der Waals surface area contributed by atoms with Crippen LogP contribution in [0.5, 0.6) is 0 Å². The highest BCUT2D eigenvalue weighted by Gasteiger charge is 2.19. The third-order valence-corrected chi connectivity index (χ3v) is 12.9. The highest BCUT2D eigenvalue weighted by molar-refractivity contribution is 6.13. The molecule has 4 nitrogen and oxygen atoms in total. The Hall–Kier alpha value is -9.22. The van der Waals surface area contributed by atoms with Gasteiger partial charge in [-0.05, 0) is 128 Å². The second-order valence-electron chi connectivity index (χ2n) is 16.8. The van der Waals surface area contributed by atoms with Gasteiger partial charge >= 0.3 is 0 Å². The number of rotatable bonds is 7. The number of nitrogens with zero attached hydrogens (tertiary/aromatic N) is 4. The number of fused-ring (bicyclic) bond motifs is 6. The van der Waals surface area contributed by atoms with E-state index in [2.05, 4.69) is 203 Å². The highest BCUT2D eigenvalue weighted by Crippen LogP contribution is 2.41. The summed E-state index contributed by atoms with van der Waals surface area (Å²) in [6, 6.07) is 85.6. The number of aromatic nitrogens is 2. The van der Waals surface area contributed by atoms with Crippen LogP contribution in [0, 0.1) is 22.7 Å². The molecule has 0 spiro atoms. The summed E-state index contributed by atoms with van der Waals surface area (Å²) in [5.74, 6) is 0. The smallest absolute Gasteiger partial charge is 0.0992 e. The van der Waals surface area contributed by atoms with Crippen LogP contribution >= 0.6 is 0 Å². The van der Waals surface area contributed by atoms with Gasteiger partial charge in [0.05, 0.1) is 45.3 Å². The first-order valence-electron chi connectivity index (χ1n) is 22.1. The van der Waals surface area contributed by atoms with E-state index in [-0.39, 0.29) is 0 Å².